The molecule has 0 unspecified atom stereocenters. The van der Waals surface area contributed by atoms with Gasteiger partial charge in [-0.15, -0.1) is 11.8 Å². The fourth-order valence-corrected chi connectivity index (χ4v) is 2.63. The number of anilines is 1. The van der Waals surface area contributed by atoms with Crippen LogP contribution in [0.1, 0.15) is 11.1 Å². The lowest BCUT2D eigenvalue weighted by Crippen LogP contribution is -2.14. The molecule has 21 heavy (non-hydrogen) atoms. The van der Waals surface area contributed by atoms with Crippen molar-refractivity contribution in [3.63, 3.8) is 0 Å². The van der Waals surface area contributed by atoms with Gasteiger partial charge in [-0.1, -0.05) is 29.8 Å². The molecule has 0 atom stereocenters. The van der Waals surface area contributed by atoms with Crippen molar-refractivity contribution in [2.75, 3.05) is 11.1 Å². The Morgan fingerprint density at radius 1 is 1.24 bits per heavy atom. The number of rotatable bonds is 5. The summed E-state index contributed by atoms with van der Waals surface area (Å²) < 4.78 is 0. The quantitative estimate of drug-likeness (QED) is 0.822. The second kappa shape index (κ2) is 7.50. The van der Waals surface area contributed by atoms with Crippen LogP contribution in [0.25, 0.3) is 0 Å². The summed E-state index contributed by atoms with van der Waals surface area (Å²) in [7, 11) is 0. The molecule has 0 fully saturated rings. The molecule has 0 heterocycles. The number of carbonyl (C=O) groups is 1. The van der Waals surface area contributed by atoms with Crippen molar-refractivity contribution in [1.82, 2.24) is 0 Å². The highest BCUT2D eigenvalue weighted by Crippen LogP contribution is 2.22. The Hall–Kier alpha value is -1.49. The summed E-state index contributed by atoms with van der Waals surface area (Å²) in [5.74, 6) is 0.251. The molecule has 0 radical (unpaired) electrons. The van der Waals surface area contributed by atoms with Gasteiger partial charge in [0, 0.05) is 15.6 Å². The molecule has 0 aromatic heterocycles. The number of thioether (sulfide) groups is 1. The molecule has 2 aromatic carbocycles. The molecule has 110 valence electrons. The van der Waals surface area contributed by atoms with Gasteiger partial charge in [0.15, 0.2) is 0 Å². The lowest BCUT2D eigenvalue weighted by Gasteiger charge is -2.09. The first-order chi connectivity index (χ1) is 10.1. The van der Waals surface area contributed by atoms with Gasteiger partial charge in [-0.2, -0.15) is 0 Å². The normalized spacial score (nSPS) is 10.4. The molecule has 0 saturated heterocycles. The third-order valence-electron chi connectivity index (χ3n) is 2.95. The molecule has 0 aliphatic carbocycles. The Kier molecular flexibility index (Phi) is 5.67. The first-order valence-electron chi connectivity index (χ1n) is 6.47. The molecule has 0 bridgehead atoms. The molecule has 2 aromatic rings. The van der Waals surface area contributed by atoms with E-state index in [0.717, 1.165) is 21.7 Å². The molecule has 1 amide bonds. The van der Waals surface area contributed by atoms with Crippen LogP contribution in [0.4, 0.5) is 5.69 Å². The molecular weight excluding hydrogens is 306 g/mol. The van der Waals surface area contributed by atoms with Crippen molar-refractivity contribution >= 4 is 35.0 Å². The van der Waals surface area contributed by atoms with E-state index in [1.807, 2.05) is 37.3 Å². The highest BCUT2D eigenvalue weighted by Gasteiger charge is 2.06. The fourth-order valence-electron chi connectivity index (χ4n) is 1.76. The number of benzene rings is 2. The molecule has 0 saturated carbocycles. The zero-order valence-electron chi connectivity index (χ0n) is 11.6. The number of aliphatic hydroxyl groups is 1. The summed E-state index contributed by atoms with van der Waals surface area (Å²) in [6.07, 6.45) is 0. The summed E-state index contributed by atoms with van der Waals surface area (Å²) >= 11 is 7.38. The van der Waals surface area contributed by atoms with Gasteiger partial charge in [-0.3, -0.25) is 4.79 Å². The van der Waals surface area contributed by atoms with Crippen LogP contribution in [0.15, 0.2) is 47.4 Å². The maximum absolute atomic E-state index is 12.0. The number of hydrogen-bond acceptors (Lipinski definition) is 3. The number of aryl methyl sites for hydroxylation is 1. The van der Waals surface area contributed by atoms with Crippen LogP contribution in [0.5, 0.6) is 0 Å². The zero-order valence-corrected chi connectivity index (χ0v) is 13.2. The minimum Gasteiger partial charge on any atom is -0.392 e. The van der Waals surface area contributed by atoms with Crippen molar-refractivity contribution in [3.05, 3.63) is 58.6 Å². The van der Waals surface area contributed by atoms with Crippen molar-refractivity contribution in [1.29, 1.82) is 0 Å². The minimum absolute atomic E-state index is 0.0273. The average molecular weight is 322 g/mol. The van der Waals surface area contributed by atoms with Gasteiger partial charge in [0.2, 0.25) is 5.91 Å². The number of amides is 1. The lowest BCUT2D eigenvalue weighted by atomic mass is 10.2. The SMILES string of the molecule is Cc1ccc(Cl)cc1NC(=O)CSc1ccc(CO)cc1. The highest BCUT2D eigenvalue weighted by atomic mass is 35.5. The molecule has 2 N–H and O–H groups in total. The van der Waals surface area contributed by atoms with Crippen LogP contribution in [-0.2, 0) is 11.4 Å². The fraction of sp³-hybridized carbons (Fsp3) is 0.188. The van der Waals surface area contributed by atoms with E-state index >= 15 is 0 Å². The number of halogens is 1. The first-order valence-corrected chi connectivity index (χ1v) is 7.83. The Balaban J connectivity index is 1.91. The van der Waals surface area contributed by atoms with Gasteiger partial charge in [-0.05, 0) is 42.3 Å². The second-order valence-corrected chi connectivity index (χ2v) is 6.08. The maximum atomic E-state index is 12.0. The molecular formula is C16H16ClNO2S. The van der Waals surface area contributed by atoms with Gasteiger partial charge in [0.05, 0.1) is 12.4 Å². The van der Waals surface area contributed by atoms with Crippen LogP contribution < -0.4 is 5.32 Å². The van der Waals surface area contributed by atoms with Crippen molar-refractivity contribution in [2.45, 2.75) is 18.4 Å². The summed E-state index contributed by atoms with van der Waals surface area (Å²) in [5.41, 5.74) is 2.58. The Morgan fingerprint density at radius 3 is 2.62 bits per heavy atom. The van der Waals surface area contributed by atoms with E-state index in [4.69, 9.17) is 16.7 Å². The van der Waals surface area contributed by atoms with Crippen molar-refractivity contribution in [3.8, 4) is 0 Å². The van der Waals surface area contributed by atoms with E-state index in [-0.39, 0.29) is 12.5 Å². The van der Waals surface area contributed by atoms with Gasteiger partial charge in [0.25, 0.3) is 0 Å². The molecule has 0 aliphatic heterocycles. The van der Waals surface area contributed by atoms with Gasteiger partial charge < -0.3 is 10.4 Å². The Labute approximate surface area is 133 Å². The topological polar surface area (TPSA) is 49.3 Å². The predicted octanol–water partition coefficient (Wildman–Crippen LogP) is 3.87. The van der Waals surface area contributed by atoms with E-state index in [2.05, 4.69) is 5.32 Å². The number of hydrogen-bond donors (Lipinski definition) is 2. The van der Waals surface area contributed by atoms with Gasteiger partial charge in [-0.25, -0.2) is 0 Å². The zero-order chi connectivity index (χ0) is 15.2. The number of nitrogens with one attached hydrogen (secondary N) is 1. The summed E-state index contributed by atoms with van der Waals surface area (Å²) in [6, 6.07) is 12.9. The smallest absolute Gasteiger partial charge is 0.234 e. The third-order valence-corrected chi connectivity index (χ3v) is 4.20. The van der Waals surface area contributed by atoms with Gasteiger partial charge in [0.1, 0.15) is 0 Å². The van der Waals surface area contributed by atoms with Crippen molar-refractivity contribution in [2.24, 2.45) is 0 Å². The monoisotopic (exact) mass is 321 g/mol. The summed E-state index contributed by atoms with van der Waals surface area (Å²) in [6.45, 7) is 1.95. The molecule has 3 nitrogen and oxygen atoms in total. The summed E-state index contributed by atoms with van der Waals surface area (Å²) in [4.78, 5) is 12.9. The van der Waals surface area contributed by atoms with E-state index in [1.54, 1.807) is 12.1 Å². The van der Waals surface area contributed by atoms with Crippen LogP contribution >= 0.6 is 23.4 Å². The highest BCUT2D eigenvalue weighted by molar-refractivity contribution is 8.00. The Morgan fingerprint density at radius 2 is 1.95 bits per heavy atom. The van der Waals surface area contributed by atoms with E-state index in [1.165, 1.54) is 11.8 Å². The molecule has 0 spiro atoms. The average Bonchev–Trinajstić information content (AvgIpc) is 2.49. The number of aliphatic hydroxyl groups excluding tert-OH is 1. The first kappa shape index (κ1) is 15.9. The van der Waals surface area contributed by atoms with E-state index in [0.29, 0.717) is 10.8 Å². The van der Waals surface area contributed by atoms with Crippen LogP contribution in [0, 0.1) is 6.92 Å². The van der Waals surface area contributed by atoms with Crippen molar-refractivity contribution < 1.29 is 9.90 Å². The minimum atomic E-state index is -0.0726. The van der Waals surface area contributed by atoms with E-state index in [9.17, 15) is 4.79 Å². The van der Waals surface area contributed by atoms with Crippen LogP contribution in [0.3, 0.4) is 0 Å². The standard InChI is InChI=1S/C16H16ClNO2S/c1-11-2-5-13(17)8-15(11)18-16(20)10-21-14-6-3-12(9-19)4-7-14/h2-8,19H,9-10H2,1H3,(H,18,20). The second-order valence-electron chi connectivity index (χ2n) is 4.60. The van der Waals surface area contributed by atoms with Crippen LogP contribution in [-0.4, -0.2) is 16.8 Å². The third kappa shape index (κ3) is 4.77. The van der Waals surface area contributed by atoms with Gasteiger partial charge >= 0.3 is 0 Å². The largest absolute Gasteiger partial charge is 0.392 e. The summed E-state index contributed by atoms with van der Waals surface area (Å²) in [5, 5.41) is 12.4. The lowest BCUT2D eigenvalue weighted by molar-refractivity contribution is -0.113. The Bertz CT molecular complexity index is 629. The molecule has 5 heteroatoms. The predicted molar refractivity (Wildman–Crippen MR) is 87.9 cm³/mol. The number of carbonyl (C=O) groups excluding carboxylic acids is 1. The van der Waals surface area contributed by atoms with Crippen LogP contribution in [0.2, 0.25) is 5.02 Å². The van der Waals surface area contributed by atoms with E-state index < -0.39 is 0 Å². The molecule has 2 rings (SSSR count). The maximum Gasteiger partial charge on any atom is 0.234 e. The molecule has 0 aliphatic rings.